The fourth-order valence-corrected chi connectivity index (χ4v) is 2.68. The van der Waals surface area contributed by atoms with Crippen LogP contribution in [0.2, 0.25) is 0 Å². The van der Waals surface area contributed by atoms with E-state index in [2.05, 4.69) is 10.6 Å². The fourth-order valence-electron chi connectivity index (χ4n) is 2.68. The molecule has 0 saturated carbocycles. The number of hydrogen-bond donors (Lipinski definition) is 2. The normalized spacial score (nSPS) is 10.1. The molecular formula is C21H24N2O6. The molecule has 29 heavy (non-hydrogen) atoms. The van der Waals surface area contributed by atoms with E-state index in [1.807, 2.05) is 32.0 Å². The van der Waals surface area contributed by atoms with Crippen molar-refractivity contribution in [2.45, 2.75) is 13.8 Å². The highest BCUT2D eigenvalue weighted by Crippen LogP contribution is 2.28. The predicted octanol–water partition coefficient (Wildman–Crippen LogP) is 2.23. The summed E-state index contributed by atoms with van der Waals surface area (Å²) in [7, 11) is 2.82. The van der Waals surface area contributed by atoms with Crippen LogP contribution in [0.4, 0.5) is 5.69 Å². The Morgan fingerprint density at radius 1 is 0.862 bits per heavy atom. The lowest BCUT2D eigenvalue weighted by Gasteiger charge is -2.13. The number of nitrogens with one attached hydrogen (secondary N) is 2. The topological polar surface area (TPSA) is 103 Å². The van der Waals surface area contributed by atoms with E-state index in [4.69, 9.17) is 14.2 Å². The number of methoxy groups -OCH3 is 2. The van der Waals surface area contributed by atoms with Gasteiger partial charge < -0.3 is 24.8 Å². The van der Waals surface area contributed by atoms with Gasteiger partial charge in [0.1, 0.15) is 17.1 Å². The van der Waals surface area contributed by atoms with Crippen LogP contribution in [0.25, 0.3) is 0 Å². The summed E-state index contributed by atoms with van der Waals surface area (Å²) >= 11 is 0. The number of anilines is 1. The molecular weight excluding hydrogens is 376 g/mol. The second kappa shape index (κ2) is 10.1. The van der Waals surface area contributed by atoms with Crippen molar-refractivity contribution in [1.29, 1.82) is 0 Å². The minimum atomic E-state index is -0.769. The number of ether oxygens (including phenoxy) is 3. The third kappa shape index (κ3) is 5.71. The summed E-state index contributed by atoms with van der Waals surface area (Å²) in [4.78, 5) is 36.4. The van der Waals surface area contributed by atoms with Crippen molar-refractivity contribution in [3.05, 3.63) is 53.1 Å². The molecule has 8 heteroatoms. The minimum absolute atomic E-state index is 0.0815. The first kappa shape index (κ1) is 21.7. The molecule has 0 unspecified atom stereocenters. The van der Waals surface area contributed by atoms with Gasteiger partial charge in [0, 0.05) is 5.69 Å². The third-order valence-electron chi connectivity index (χ3n) is 4.16. The first-order valence-electron chi connectivity index (χ1n) is 8.88. The van der Waals surface area contributed by atoms with Gasteiger partial charge in [0.2, 0.25) is 5.91 Å². The summed E-state index contributed by atoms with van der Waals surface area (Å²) in [5.74, 6) is -1.22. The van der Waals surface area contributed by atoms with Crippen LogP contribution in [-0.2, 0) is 14.3 Å². The summed E-state index contributed by atoms with van der Waals surface area (Å²) in [6, 6.07) is 10.5. The first-order chi connectivity index (χ1) is 13.9. The molecule has 8 nitrogen and oxygen atoms in total. The van der Waals surface area contributed by atoms with E-state index < -0.39 is 18.5 Å². The van der Waals surface area contributed by atoms with Gasteiger partial charge in [-0.1, -0.05) is 24.3 Å². The lowest BCUT2D eigenvalue weighted by molar-refractivity contribution is -0.126. The Morgan fingerprint density at radius 3 is 1.97 bits per heavy atom. The monoisotopic (exact) mass is 400 g/mol. The Kier molecular flexibility index (Phi) is 7.59. The number of esters is 1. The van der Waals surface area contributed by atoms with Crippen LogP contribution in [0.5, 0.6) is 11.5 Å². The van der Waals surface area contributed by atoms with E-state index in [-0.39, 0.29) is 29.5 Å². The number of para-hydroxylation sites is 1. The SMILES string of the molecule is COc1cccc(OC)c1C(=O)OCC(=O)NCC(=O)Nc1c(C)cccc1C. The molecule has 154 valence electrons. The van der Waals surface area contributed by atoms with E-state index in [0.29, 0.717) is 5.69 Å². The highest BCUT2D eigenvalue weighted by molar-refractivity contribution is 5.98. The van der Waals surface area contributed by atoms with Gasteiger partial charge in [0.15, 0.2) is 6.61 Å². The lowest BCUT2D eigenvalue weighted by Crippen LogP contribution is -2.35. The molecule has 2 aromatic rings. The average molecular weight is 400 g/mol. The van der Waals surface area contributed by atoms with Gasteiger partial charge in [0.25, 0.3) is 5.91 Å². The van der Waals surface area contributed by atoms with Crippen molar-refractivity contribution in [1.82, 2.24) is 5.32 Å². The second-order valence-corrected chi connectivity index (χ2v) is 6.21. The highest BCUT2D eigenvalue weighted by atomic mass is 16.5. The quantitative estimate of drug-likeness (QED) is 0.659. The Labute approximate surface area is 169 Å². The zero-order valence-electron chi connectivity index (χ0n) is 16.8. The van der Waals surface area contributed by atoms with E-state index in [9.17, 15) is 14.4 Å². The van der Waals surface area contributed by atoms with Crippen molar-refractivity contribution in [3.8, 4) is 11.5 Å². The Balaban J connectivity index is 1.87. The maximum Gasteiger partial charge on any atom is 0.346 e. The zero-order chi connectivity index (χ0) is 21.4. The molecule has 0 bridgehead atoms. The summed E-state index contributed by atoms with van der Waals surface area (Å²) < 4.78 is 15.3. The first-order valence-corrected chi connectivity index (χ1v) is 8.88. The number of hydrogen-bond acceptors (Lipinski definition) is 6. The van der Waals surface area contributed by atoms with E-state index in [0.717, 1.165) is 11.1 Å². The lowest BCUT2D eigenvalue weighted by atomic mass is 10.1. The number of amides is 2. The Morgan fingerprint density at radius 2 is 1.41 bits per heavy atom. The van der Waals surface area contributed by atoms with E-state index >= 15 is 0 Å². The smallest absolute Gasteiger partial charge is 0.346 e. The van der Waals surface area contributed by atoms with Crippen LogP contribution in [0.3, 0.4) is 0 Å². The molecule has 0 heterocycles. The van der Waals surface area contributed by atoms with Crippen molar-refractivity contribution < 1.29 is 28.6 Å². The third-order valence-corrected chi connectivity index (χ3v) is 4.16. The molecule has 0 radical (unpaired) electrons. The van der Waals surface area contributed by atoms with Gasteiger partial charge in [-0.05, 0) is 37.1 Å². The molecule has 0 aromatic heterocycles. The molecule has 0 saturated heterocycles. The van der Waals surface area contributed by atoms with Crippen LogP contribution in [0.15, 0.2) is 36.4 Å². The minimum Gasteiger partial charge on any atom is -0.496 e. The number of carbonyl (C=O) groups excluding carboxylic acids is 3. The van der Waals surface area contributed by atoms with Gasteiger partial charge in [-0.2, -0.15) is 0 Å². The molecule has 2 N–H and O–H groups in total. The van der Waals surface area contributed by atoms with Crippen LogP contribution in [0, 0.1) is 13.8 Å². The summed E-state index contributed by atoms with van der Waals surface area (Å²) in [6.45, 7) is 2.97. The van der Waals surface area contributed by atoms with Gasteiger partial charge in [-0.15, -0.1) is 0 Å². The molecule has 0 aliphatic heterocycles. The summed E-state index contributed by atoms with van der Waals surface area (Å²) in [5.41, 5.74) is 2.63. The van der Waals surface area contributed by atoms with Crippen LogP contribution >= 0.6 is 0 Å². The molecule has 0 fully saturated rings. The van der Waals surface area contributed by atoms with Gasteiger partial charge in [-0.3, -0.25) is 9.59 Å². The molecule has 2 rings (SSSR count). The zero-order valence-corrected chi connectivity index (χ0v) is 16.8. The number of aryl methyl sites for hydroxylation is 2. The molecule has 0 spiro atoms. The fraction of sp³-hybridized carbons (Fsp3) is 0.286. The molecule has 0 aliphatic rings. The van der Waals surface area contributed by atoms with Gasteiger partial charge in [-0.25, -0.2) is 4.79 Å². The Bertz CT molecular complexity index is 868. The van der Waals surface area contributed by atoms with E-state index in [1.54, 1.807) is 18.2 Å². The van der Waals surface area contributed by atoms with Gasteiger partial charge >= 0.3 is 5.97 Å². The Hall–Kier alpha value is -3.55. The van der Waals surface area contributed by atoms with Crippen molar-refractivity contribution in [2.75, 3.05) is 32.7 Å². The van der Waals surface area contributed by atoms with Crippen LogP contribution in [-0.4, -0.2) is 45.2 Å². The largest absolute Gasteiger partial charge is 0.496 e. The van der Waals surface area contributed by atoms with Crippen LogP contribution < -0.4 is 20.1 Å². The maximum absolute atomic E-state index is 12.3. The number of rotatable bonds is 8. The predicted molar refractivity (Wildman–Crippen MR) is 107 cm³/mol. The standard InChI is InChI=1S/C21H24N2O6/c1-13-7-5-8-14(2)20(13)23-17(24)11-22-18(25)12-29-21(26)19-15(27-3)9-6-10-16(19)28-4/h5-10H,11-12H2,1-4H3,(H,22,25)(H,23,24). The number of carbonyl (C=O) groups is 3. The second-order valence-electron chi connectivity index (χ2n) is 6.21. The maximum atomic E-state index is 12.3. The summed E-state index contributed by atoms with van der Waals surface area (Å²) in [5, 5.41) is 5.18. The average Bonchev–Trinajstić information content (AvgIpc) is 2.72. The number of benzene rings is 2. The molecule has 2 aromatic carbocycles. The molecule has 0 atom stereocenters. The van der Waals surface area contributed by atoms with Crippen LogP contribution in [0.1, 0.15) is 21.5 Å². The van der Waals surface area contributed by atoms with Crippen molar-refractivity contribution in [3.63, 3.8) is 0 Å². The molecule has 0 aliphatic carbocycles. The van der Waals surface area contributed by atoms with Gasteiger partial charge in [0.05, 0.1) is 20.8 Å². The summed E-state index contributed by atoms with van der Waals surface area (Å²) in [6.07, 6.45) is 0. The molecule has 2 amide bonds. The highest BCUT2D eigenvalue weighted by Gasteiger charge is 2.20. The van der Waals surface area contributed by atoms with Crippen molar-refractivity contribution >= 4 is 23.5 Å². The van der Waals surface area contributed by atoms with E-state index in [1.165, 1.54) is 14.2 Å². The van der Waals surface area contributed by atoms with Crippen molar-refractivity contribution in [2.24, 2.45) is 0 Å².